The summed E-state index contributed by atoms with van der Waals surface area (Å²) >= 11 is 0. The molecule has 1 aromatic heterocycles. The molecule has 28 heavy (non-hydrogen) atoms. The largest absolute Gasteiger partial charge is 0.487 e. The van der Waals surface area contributed by atoms with Gasteiger partial charge in [-0.1, -0.05) is 55.7 Å². The van der Waals surface area contributed by atoms with E-state index in [1.807, 2.05) is 60.7 Å². The molecule has 3 aromatic rings. The van der Waals surface area contributed by atoms with Crippen molar-refractivity contribution >= 4 is 16.9 Å². The van der Waals surface area contributed by atoms with Gasteiger partial charge < -0.3 is 9.84 Å². The topological polar surface area (TPSA) is 59.4 Å². The number of carbonyl (C=O) groups is 1. The Labute approximate surface area is 165 Å². The number of para-hydroxylation sites is 1. The number of nitrogens with zero attached hydrogens (tertiary/aromatic N) is 1. The number of rotatable bonds is 6. The second-order valence-electron chi connectivity index (χ2n) is 7.57. The van der Waals surface area contributed by atoms with Crippen molar-refractivity contribution in [2.75, 3.05) is 0 Å². The van der Waals surface area contributed by atoms with Crippen molar-refractivity contribution in [3.05, 3.63) is 71.9 Å². The van der Waals surface area contributed by atoms with E-state index in [-0.39, 0.29) is 5.92 Å². The monoisotopic (exact) mass is 375 g/mol. The van der Waals surface area contributed by atoms with E-state index in [1.165, 1.54) is 6.42 Å². The van der Waals surface area contributed by atoms with Crippen LogP contribution in [0.2, 0.25) is 0 Å². The molecule has 1 unspecified atom stereocenters. The van der Waals surface area contributed by atoms with E-state index < -0.39 is 11.9 Å². The van der Waals surface area contributed by atoms with Crippen molar-refractivity contribution in [1.29, 1.82) is 0 Å². The fourth-order valence-electron chi connectivity index (χ4n) is 4.20. The van der Waals surface area contributed by atoms with Crippen molar-refractivity contribution < 1.29 is 14.6 Å². The summed E-state index contributed by atoms with van der Waals surface area (Å²) in [6.45, 7) is 0.384. The van der Waals surface area contributed by atoms with Crippen LogP contribution in [0.3, 0.4) is 0 Å². The summed E-state index contributed by atoms with van der Waals surface area (Å²) in [4.78, 5) is 16.5. The molecule has 1 N–H and O–H groups in total. The highest BCUT2D eigenvalue weighted by Crippen LogP contribution is 2.36. The van der Waals surface area contributed by atoms with Crippen LogP contribution in [0.4, 0.5) is 0 Å². The van der Waals surface area contributed by atoms with Crippen LogP contribution < -0.4 is 4.74 Å². The number of carboxylic acid groups (broad SMARTS) is 1. The minimum atomic E-state index is -0.721. The Hall–Kier alpha value is -2.88. The lowest BCUT2D eigenvalue weighted by Crippen LogP contribution is -2.23. The maximum Gasteiger partial charge on any atom is 0.311 e. The first-order chi connectivity index (χ1) is 13.7. The van der Waals surface area contributed by atoms with Crippen LogP contribution in [-0.4, -0.2) is 16.1 Å². The van der Waals surface area contributed by atoms with Crippen molar-refractivity contribution in [1.82, 2.24) is 4.98 Å². The van der Waals surface area contributed by atoms with Gasteiger partial charge in [-0.05, 0) is 48.6 Å². The third-order valence-electron chi connectivity index (χ3n) is 5.67. The molecule has 4 rings (SSSR count). The second-order valence-corrected chi connectivity index (χ2v) is 7.57. The Bertz CT molecular complexity index is 945. The van der Waals surface area contributed by atoms with Crippen LogP contribution in [0, 0.1) is 5.92 Å². The van der Waals surface area contributed by atoms with Crippen molar-refractivity contribution in [3.63, 3.8) is 0 Å². The van der Waals surface area contributed by atoms with Crippen LogP contribution in [0.1, 0.15) is 49.3 Å². The predicted molar refractivity (Wildman–Crippen MR) is 109 cm³/mol. The molecule has 4 nitrogen and oxygen atoms in total. The number of hydrogen-bond acceptors (Lipinski definition) is 3. The Morgan fingerprint density at radius 3 is 2.50 bits per heavy atom. The lowest BCUT2D eigenvalue weighted by Gasteiger charge is -2.27. The molecule has 1 saturated carbocycles. The highest BCUT2D eigenvalue weighted by Gasteiger charge is 2.30. The molecule has 0 bridgehead atoms. The van der Waals surface area contributed by atoms with Crippen LogP contribution >= 0.6 is 0 Å². The molecule has 0 radical (unpaired) electrons. The zero-order valence-electron chi connectivity index (χ0n) is 15.9. The minimum Gasteiger partial charge on any atom is -0.487 e. The number of hydrogen-bond donors (Lipinski definition) is 1. The van der Waals surface area contributed by atoms with Gasteiger partial charge in [0.1, 0.15) is 12.4 Å². The van der Waals surface area contributed by atoms with E-state index in [2.05, 4.69) is 4.98 Å². The lowest BCUT2D eigenvalue weighted by atomic mass is 9.77. The molecule has 0 spiro atoms. The summed E-state index contributed by atoms with van der Waals surface area (Å²) in [6.07, 6.45) is 5.49. The molecule has 1 fully saturated rings. The van der Waals surface area contributed by atoms with E-state index in [0.717, 1.165) is 53.6 Å². The van der Waals surface area contributed by atoms with E-state index in [9.17, 15) is 9.90 Å². The SMILES string of the molecule is O=C(O)C(c1ccc(OCc2ccc3ccccc3n2)cc1)C1CCCCC1. The van der Waals surface area contributed by atoms with Gasteiger partial charge in [0.05, 0.1) is 17.1 Å². The Morgan fingerprint density at radius 1 is 1.00 bits per heavy atom. The van der Waals surface area contributed by atoms with Gasteiger partial charge in [0.15, 0.2) is 0 Å². The average Bonchev–Trinajstić information content (AvgIpc) is 2.74. The van der Waals surface area contributed by atoms with Crippen molar-refractivity contribution in [2.24, 2.45) is 5.92 Å². The molecule has 4 heteroatoms. The van der Waals surface area contributed by atoms with E-state index in [4.69, 9.17) is 4.74 Å². The van der Waals surface area contributed by atoms with Crippen molar-refractivity contribution in [3.8, 4) is 5.75 Å². The number of benzene rings is 2. The fourth-order valence-corrected chi connectivity index (χ4v) is 4.20. The number of carboxylic acids is 1. The standard InChI is InChI=1S/C24H25NO3/c26-24(27)23(18-7-2-1-3-8-18)19-11-14-21(15-12-19)28-16-20-13-10-17-6-4-5-9-22(17)25-20/h4-6,9-15,18,23H,1-3,7-8,16H2,(H,26,27). The van der Waals surface area contributed by atoms with Gasteiger partial charge in [0, 0.05) is 5.39 Å². The molecule has 144 valence electrons. The molecule has 1 heterocycles. The molecule has 1 aliphatic rings. The molecular weight excluding hydrogens is 350 g/mol. The van der Waals surface area contributed by atoms with Crippen molar-refractivity contribution in [2.45, 2.75) is 44.6 Å². The van der Waals surface area contributed by atoms with Crippen LogP contribution in [0.15, 0.2) is 60.7 Å². The smallest absolute Gasteiger partial charge is 0.311 e. The number of ether oxygens (including phenoxy) is 1. The van der Waals surface area contributed by atoms with Gasteiger partial charge >= 0.3 is 5.97 Å². The quantitative estimate of drug-likeness (QED) is 0.612. The summed E-state index contributed by atoms with van der Waals surface area (Å²) < 4.78 is 5.87. The molecule has 1 atom stereocenters. The zero-order valence-corrected chi connectivity index (χ0v) is 15.9. The first-order valence-electron chi connectivity index (χ1n) is 10.0. The molecule has 1 aliphatic carbocycles. The third kappa shape index (κ3) is 4.16. The average molecular weight is 375 g/mol. The Morgan fingerprint density at radius 2 is 1.75 bits per heavy atom. The fraction of sp³-hybridized carbons (Fsp3) is 0.333. The van der Waals surface area contributed by atoms with Gasteiger partial charge in [-0.15, -0.1) is 0 Å². The predicted octanol–water partition coefficient (Wildman–Crippen LogP) is 5.56. The summed E-state index contributed by atoms with van der Waals surface area (Å²) in [6, 6.07) is 19.6. The van der Waals surface area contributed by atoms with Gasteiger partial charge in [-0.3, -0.25) is 4.79 Å². The number of fused-ring (bicyclic) bond motifs is 1. The van der Waals surface area contributed by atoms with Gasteiger partial charge in [0.2, 0.25) is 0 Å². The maximum atomic E-state index is 11.9. The lowest BCUT2D eigenvalue weighted by molar-refractivity contribution is -0.140. The molecule has 0 aliphatic heterocycles. The highest BCUT2D eigenvalue weighted by molar-refractivity contribution is 5.78. The second kappa shape index (κ2) is 8.42. The normalized spacial score (nSPS) is 16.0. The van der Waals surface area contributed by atoms with Crippen LogP contribution in [0.25, 0.3) is 10.9 Å². The van der Waals surface area contributed by atoms with E-state index in [1.54, 1.807) is 0 Å². The van der Waals surface area contributed by atoms with Gasteiger partial charge in [0.25, 0.3) is 0 Å². The summed E-state index contributed by atoms with van der Waals surface area (Å²) in [5.74, 6) is -0.177. The van der Waals surface area contributed by atoms with E-state index in [0.29, 0.717) is 6.61 Å². The first-order valence-corrected chi connectivity index (χ1v) is 10.0. The Kier molecular flexibility index (Phi) is 5.56. The third-order valence-corrected chi connectivity index (χ3v) is 5.67. The first kappa shape index (κ1) is 18.5. The zero-order chi connectivity index (χ0) is 19.3. The van der Waals surface area contributed by atoms with E-state index >= 15 is 0 Å². The summed E-state index contributed by atoms with van der Waals surface area (Å²) in [5, 5.41) is 10.9. The molecule has 0 saturated heterocycles. The Balaban J connectivity index is 1.43. The minimum absolute atomic E-state index is 0.236. The number of aromatic nitrogens is 1. The summed E-state index contributed by atoms with van der Waals surface area (Å²) in [5.41, 5.74) is 2.69. The van der Waals surface area contributed by atoms with Gasteiger partial charge in [-0.2, -0.15) is 0 Å². The van der Waals surface area contributed by atoms with Crippen LogP contribution in [-0.2, 0) is 11.4 Å². The maximum absolute atomic E-state index is 11.9. The molecule has 2 aromatic carbocycles. The molecular formula is C24H25NO3. The van der Waals surface area contributed by atoms with Crippen LogP contribution in [0.5, 0.6) is 5.75 Å². The number of aliphatic carboxylic acids is 1. The van der Waals surface area contributed by atoms with Gasteiger partial charge in [-0.25, -0.2) is 4.98 Å². The number of pyridine rings is 1. The summed E-state index contributed by atoms with van der Waals surface area (Å²) in [7, 11) is 0. The molecule has 0 amide bonds. The highest BCUT2D eigenvalue weighted by atomic mass is 16.5.